The molecule has 1 atom stereocenters. The number of carbonyl (C=O) groups excluding carboxylic acids is 1. The standard InChI is InChI=1S/C13H15N3O2S/c1-9(13(17)18-2)15-7-10-8-19-12(16-10)11-5-3-4-6-14-11/h3-6,8-9,15H,7H2,1-2H3/t9-/m0/s1. The number of esters is 1. The van der Waals surface area contributed by atoms with Crippen molar-refractivity contribution in [2.45, 2.75) is 19.5 Å². The van der Waals surface area contributed by atoms with Gasteiger partial charge in [-0.1, -0.05) is 6.07 Å². The fraction of sp³-hybridized carbons (Fsp3) is 0.308. The normalized spacial score (nSPS) is 12.1. The summed E-state index contributed by atoms with van der Waals surface area (Å²) in [6.45, 7) is 2.29. The first kappa shape index (κ1) is 13.6. The topological polar surface area (TPSA) is 64.1 Å². The molecule has 2 aromatic heterocycles. The molecule has 0 saturated carbocycles. The minimum absolute atomic E-state index is 0.278. The largest absolute Gasteiger partial charge is 0.468 e. The number of nitrogens with zero attached hydrogens (tertiary/aromatic N) is 2. The molecule has 100 valence electrons. The van der Waals surface area contributed by atoms with Crippen LogP contribution in [0.25, 0.3) is 10.7 Å². The highest BCUT2D eigenvalue weighted by Crippen LogP contribution is 2.21. The zero-order valence-electron chi connectivity index (χ0n) is 10.8. The lowest BCUT2D eigenvalue weighted by atomic mass is 10.3. The third-order valence-corrected chi connectivity index (χ3v) is 3.49. The first-order valence-corrected chi connectivity index (χ1v) is 6.75. The Morgan fingerprint density at radius 1 is 1.53 bits per heavy atom. The lowest BCUT2D eigenvalue weighted by Crippen LogP contribution is -2.34. The predicted molar refractivity (Wildman–Crippen MR) is 73.7 cm³/mol. The van der Waals surface area contributed by atoms with Gasteiger partial charge >= 0.3 is 5.97 Å². The van der Waals surface area contributed by atoms with Crippen molar-refractivity contribution in [1.82, 2.24) is 15.3 Å². The van der Waals surface area contributed by atoms with Gasteiger partial charge in [0.1, 0.15) is 11.0 Å². The Bertz CT molecular complexity index is 542. The lowest BCUT2D eigenvalue weighted by Gasteiger charge is -2.09. The summed E-state index contributed by atoms with van der Waals surface area (Å²) in [4.78, 5) is 20.0. The van der Waals surface area contributed by atoms with Crippen molar-refractivity contribution in [2.24, 2.45) is 0 Å². The molecule has 0 bridgehead atoms. The van der Waals surface area contributed by atoms with E-state index in [-0.39, 0.29) is 12.0 Å². The molecule has 2 rings (SSSR count). The molecule has 0 unspecified atom stereocenters. The Kier molecular flexibility index (Phi) is 4.59. The Balaban J connectivity index is 1.97. The number of hydrogen-bond donors (Lipinski definition) is 1. The molecule has 19 heavy (non-hydrogen) atoms. The molecule has 0 spiro atoms. The Morgan fingerprint density at radius 3 is 3.05 bits per heavy atom. The van der Waals surface area contributed by atoms with Crippen molar-refractivity contribution in [1.29, 1.82) is 0 Å². The lowest BCUT2D eigenvalue weighted by molar-refractivity contribution is -0.142. The molecule has 0 saturated heterocycles. The summed E-state index contributed by atoms with van der Waals surface area (Å²) in [7, 11) is 1.38. The van der Waals surface area contributed by atoms with Gasteiger partial charge in [-0.2, -0.15) is 0 Å². The Hall–Kier alpha value is -1.79. The van der Waals surface area contributed by atoms with Crippen molar-refractivity contribution in [3.63, 3.8) is 0 Å². The van der Waals surface area contributed by atoms with E-state index in [2.05, 4.69) is 20.0 Å². The average molecular weight is 277 g/mol. The second kappa shape index (κ2) is 6.40. The van der Waals surface area contributed by atoms with Gasteiger partial charge in [0.2, 0.25) is 0 Å². The van der Waals surface area contributed by atoms with Crippen LogP contribution in [0, 0.1) is 0 Å². The van der Waals surface area contributed by atoms with Gasteiger partial charge in [-0.25, -0.2) is 4.98 Å². The van der Waals surface area contributed by atoms with Crippen molar-refractivity contribution < 1.29 is 9.53 Å². The summed E-state index contributed by atoms with van der Waals surface area (Å²) < 4.78 is 4.65. The smallest absolute Gasteiger partial charge is 0.322 e. The second-order valence-corrected chi connectivity index (χ2v) is 4.84. The highest BCUT2D eigenvalue weighted by molar-refractivity contribution is 7.13. The van der Waals surface area contributed by atoms with Crippen LogP contribution in [-0.2, 0) is 16.1 Å². The van der Waals surface area contributed by atoms with E-state index in [1.54, 1.807) is 13.1 Å². The van der Waals surface area contributed by atoms with Crippen LogP contribution in [0.3, 0.4) is 0 Å². The Labute approximate surface area is 115 Å². The summed E-state index contributed by atoms with van der Waals surface area (Å²) in [6.07, 6.45) is 1.74. The van der Waals surface area contributed by atoms with E-state index in [1.807, 2.05) is 23.6 Å². The maximum absolute atomic E-state index is 11.2. The fourth-order valence-corrected chi connectivity index (χ4v) is 2.31. The van der Waals surface area contributed by atoms with E-state index in [9.17, 15) is 4.79 Å². The summed E-state index contributed by atoms with van der Waals surface area (Å²) in [5.41, 5.74) is 1.75. The van der Waals surface area contributed by atoms with Gasteiger partial charge in [0.05, 0.1) is 18.5 Å². The number of aromatic nitrogens is 2. The summed E-state index contributed by atoms with van der Waals surface area (Å²) >= 11 is 1.54. The van der Waals surface area contributed by atoms with E-state index in [0.717, 1.165) is 16.4 Å². The van der Waals surface area contributed by atoms with Crippen LogP contribution in [0.4, 0.5) is 0 Å². The third-order valence-electron chi connectivity index (χ3n) is 2.58. The van der Waals surface area contributed by atoms with Crippen LogP contribution in [0.5, 0.6) is 0 Å². The molecule has 2 aromatic rings. The predicted octanol–water partition coefficient (Wildman–Crippen LogP) is 1.86. The van der Waals surface area contributed by atoms with Crippen LogP contribution in [0.15, 0.2) is 29.8 Å². The van der Waals surface area contributed by atoms with Crippen molar-refractivity contribution in [3.05, 3.63) is 35.5 Å². The average Bonchev–Trinajstić information content (AvgIpc) is 2.93. The quantitative estimate of drug-likeness (QED) is 0.845. The van der Waals surface area contributed by atoms with Gasteiger partial charge in [0.25, 0.3) is 0 Å². The summed E-state index contributed by atoms with van der Waals surface area (Å²) in [5, 5.41) is 5.90. The molecule has 0 amide bonds. The molecule has 6 heteroatoms. The molecule has 5 nitrogen and oxygen atoms in total. The number of ether oxygens (including phenoxy) is 1. The molecule has 0 aliphatic heterocycles. The monoisotopic (exact) mass is 277 g/mol. The number of thiazole rings is 1. The van der Waals surface area contributed by atoms with Crippen LogP contribution in [-0.4, -0.2) is 29.1 Å². The highest BCUT2D eigenvalue weighted by atomic mass is 32.1. The summed E-state index contributed by atoms with van der Waals surface area (Å²) in [5.74, 6) is -0.278. The van der Waals surface area contributed by atoms with E-state index in [0.29, 0.717) is 6.54 Å². The van der Waals surface area contributed by atoms with Gasteiger partial charge in [-0.05, 0) is 19.1 Å². The maximum atomic E-state index is 11.2. The fourth-order valence-electron chi connectivity index (χ4n) is 1.51. The number of pyridine rings is 1. The van der Waals surface area contributed by atoms with Gasteiger partial charge in [-0.3, -0.25) is 15.1 Å². The number of nitrogens with one attached hydrogen (secondary N) is 1. The minimum Gasteiger partial charge on any atom is -0.468 e. The van der Waals surface area contributed by atoms with Crippen molar-refractivity contribution in [2.75, 3.05) is 7.11 Å². The van der Waals surface area contributed by atoms with Crippen LogP contribution < -0.4 is 5.32 Å². The zero-order chi connectivity index (χ0) is 13.7. The van der Waals surface area contributed by atoms with E-state index < -0.39 is 0 Å². The molecular weight excluding hydrogens is 262 g/mol. The molecule has 0 aliphatic carbocycles. The zero-order valence-corrected chi connectivity index (χ0v) is 11.6. The number of carbonyl (C=O) groups is 1. The second-order valence-electron chi connectivity index (χ2n) is 3.98. The van der Waals surface area contributed by atoms with Crippen LogP contribution in [0.2, 0.25) is 0 Å². The van der Waals surface area contributed by atoms with E-state index >= 15 is 0 Å². The van der Waals surface area contributed by atoms with E-state index in [4.69, 9.17) is 0 Å². The number of rotatable bonds is 5. The SMILES string of the molecule is COC(=O)[C@H](C)NCc1csc(-c2ccccn2)n1. The van der Waals surface area contributed by atoms with Gasteiger partial charge in [0.15, 0.2) is 0 Å². The molecule has 0 aromatic carbocycles. The molecule has 0 aliphatic rings. The van der Waals surface area contributed by atoms with Crippen LogP contribution in [0.1, 0.15) is 12.6 Å². The Morgan fingerprint density at radius 2 is 2.37 bits per heavy atom. The highest BCUT2D eigenvalue weighted by Gasteiger charge is 2.13. The van der Waals surface area contributed by atoms with Crippen molar-refractivity contribution in [3.8, 4) is 10.7 Å². The first-order valence-electron chi connectivity index (χ1n) is 5.87. The maximum Gasteiger partial charge on any atom is 0.322 e. The van der Waals surface area contributed by atoms with E-state index in [1.165, 1.54) is 18.4 Å². The minimum atomic E-state index is -0.343. The summed E-state index contributed by atoms with van der Waals surface area (Å²) in [6, 6.07) is 5.39. The number of methoxy groups -OCH3 is 1. The molecule has 2 heterocycles. The van der Waals surface area contributed by atoms with Gasteiger partial charge in [0, 0.05) is 18.1 Å². The van der Waals surface area contributed by atoms with Crippen LogP contribution >= 0.6 is 11.3 Å². The van der Waals surface area contributed by atoms with Crippen molar-refractivity contribution >= 4 is 17.3 Å². The number of hydrogen-bond acceptors (Lipinski definition) is 6. The third kappa shape index (κ3) is 3.59. The molecule has 0 fully saturated rings. The molecule has 1 N–H and O–H groups in total. The first-order chi connectivity index (χ1) is 9.20. The molecular formula is C13H15N3O2S. The molecule has 0 radical (unpaired) electrons. The van der Waals surface area contributed by atoms with Gasteiger partial charge in [-0.15, -0.1) is 11.3 Å². The van der Waals surface area contributed by atoms with Gasteiger partial charge < -0.3 is 4.74 Å².